The van der Waals surface area contributed by atoms with E-state index in [4.69, 9.17) is 0 Å². The van der Waals surface area contributed by atoms with Gasteiger partial charge in [0, 0.05) is 23.6 Å². The first-order valence-electron chi connectivity index (χ1n) is 6.79. The van der Waals surface area contributed by atoms with Gasteiger partial charge < -0.3 is 5.32 Å². The highest BCUT2D eigenvalue weighted by Gasteiger charge is 2.42. The number of carbonyl (C=O) groups is 1. The molecule has 2 aliphatic heterocycles. The molecule has 2 N–H and O–H groups in total. The van der Waals surface area contributed by atoms with Gasteiger partial charge in [-0.25, -0.2) is 8.78 Å². The number of carbonyl (C=O) groups excluding carboxylic acids is 1. The van der Waals surface area contributed by atoms with Crippen LogP contribution in [0.2, 0.25) is 0 Å². The second-order valence-corrected chi connectivity index (χ2v) is 7.91. The van der Waals surface area contributed by atoms with Crippen molar-refractivity contribution in [2.45, 2.75) is 23.0 Å². The van der Waals surface area contributed by atoms with Crippen molar-refractivity contribution < 1.29 is 13.6 Å². The number of benzene rings is 1. The van der Waals surface area contributed by atoms with Crippen LogP contribution < -0.4 is 10.6 Å². The molecule has 0 aliphatic carbocycles. The van der Waals surface area contributed by atoms with E-state index in [1.165, 1.54) is 0 Å². The first kappa shape index (κ1) is 17.8. The molecule has 3 nitrogen and oxygen atoms in total. The van der Waals surface area contributed by atoms with Gasteiger partial charge in [0.2, 0.25) is 5.91 Å². The maximum Gasteiger partial charge on any atom is 0.262 e. The topological polar surface area (TPSA) is 41.1 Å². The van der Waals surface area contributed by atoms with Gasteiger partial charge in [-0.05, 0) is 17.7 Å². The van der Waals surface area contributed by atoms with Gasteiger partial charge >= 0.3 is 0 Å². The highest BCUT2D eigenvalue weighted by molar-refractivity contribution is 8.19. The van der Waals surface area contributed by atoms with E-state index in [9.17, 15) is 13.6 Å². The summed E-state index contributed by atoms with van der Waals surface area (Å²) in [6.45, 7) is -0.430. The number of anilines is 1. The average molecular weight is 367 g/mol. The zero-order chi connectivity index (χ0) is 14.9. The van der Waals surface area contributed by atoms with Crippen molar-refractivity contribution in [1.29, 1.82) is 0 Å². The van der Waals surface area contributed by atoms with Gasteiger partial charge in [-0.3, -0.25) is 10.1 Å². The van der Waals surface area contributed by atoms with E-state index in [1.54, 1.807) is 6.07 Å². The van der Waals surface area contributed by atoms with E-state index < -0.39 is 30.8 Å². The smallest absolute Gasteiger partial charge is 0.262 e. The molecule has 1 amide bonds. The minimum absolute atomic E-state index is 0. The molecular formula is C14H17ClF2N2OS2. The molecule has 0 aromatic heterocycles. The van der Waals surface area contributed by atoms with E-state index >= 15 is 0 Å². The van der Waals surface area contributed by atoms with E-state index in [1.807, 2.05) is 41.7 Å². The third kappa shape index (κ3) is 4.28. The molecule has 2 heterocycles. The Balaban J connectivity index is 0.00000176. The second kappa shape index (κ2) is 7.38. The van der Waals surface area contributed by atoms with Crippen LogP contribution in [0.1, 0.15) is 16.6 Å². The van der Waals surface area contributed by atoms with Crippen LogP contribution in [0.15, 0.2) is 24.3 Å². The van der Waals surface area contributed by atoms with Crippen LogP contribution in [0.4, 0.5) is 14.5 Å². The lowest BCUT2D eigenvalue weighted by Crippen LogP contribution is -2.35. The number of alkyl halides is 2. The summed E-state index contributed by atoms with van der Waals surface area (Å²) in [5, 5.41) is 5.30. The summed E-state index contributed by atoms with van der Waals surface area (Å²) in [5.41, 5.74) is 1.83. The third-order valence-electron chi connectivity index (χ3n) is 3.47. The zero-order valence-corrected chi connectivity index (χ0v) is 14.1. The van der Waals surface area contributed by atoms with Gasteiger partial charge in [-0.2, -0.15) is 0 Å². The predicted octanol–water partition coefficient (Wildman–Crippen LogP) is 3.52. The minimum atomic E-state index is -2.79. The summed E-state index contributed by atoms with van der Waals surface area (Å²) in [6, 6.07) is 6.83. The van der Waals surface area contributed by atoms with E-state index in [2.05, 4.69) is 10.6 Å². The summed E-state index contributed by atoms with van der Waals surface area (Å²) in [7, 11) is 0. The normalized spacial score (nSPS) is 24.0. The molecule has 2 aliphatic rings. The molecule has 1 unspecified atom stereocenters. The SMILES string of the molecule is Cl.O=C(Nc1cccc(C2SCCS2)c1)C1CC(F)(F)CN1. The molecule has 8 heteroatoms. The van der Waals surface area contributed by atoms with Crippen molar-refractivity contribution >= 4 is 47.5 Å². The number of hydrogen-bond acceptors (Lipinski definition) is 4. The number of halogens is 3. The van der Waals surface area contributed by atoms with Crippen molar-refractivity contribution in [3.05, 3.63) is 29.8 Å². The molecule has 0 bridgehead atoms. The number of amides is 1. The molecule has 2 fully saturated rings. The van der Waals surface area contributed by atoms with Crippen molar-refractivity contribution in [1.82, 2.24) is 5.32 Å². The van der Waals surface area contributed by atoms with Gasteiger partial charge in [0.05, 0.1) is 17.2 Å². The number of nitrogens with one attached hydrogen (secondary N) is 2. The predicted molar refractivity (Wildman–Crippen MR) is 91.3 cm³/mol. The fourth-order valence-corrected chi connectivity index (χ4v) is 5.28. The Hall–Kier alpha value is -0.500. The zero-order valence-electron chi connectivity index (χ0n) is 11.7. The Morgan fingerprint density at radius 1 is 1.32 bits per heavy atom. The molecule has 22 heavy (non-hydrogen) atoms. The van der Waals surface area contributed by atoms with Crippen LogP contribution in [0, 0.1) is 0 Å². The summed E-state index contributed by atoms with van der Waals surface area (Å²) in [5.74, 6) is -0.919. The number of hydrogen-bond donors (Lipinski definition) is 2. The van der Waals surface area contributed by atoms with Crippen LogP contribution in [0.25, 0.3) is 0 Å². The summed E-state index contributed by atoms with van der Waals surface area (Å²) >= 11 is 3.77. The maximum atomic E-state index is 13.1. The molecule has 1 aromatic carbocycles. The Bertz CT molecular complexity index is 541. The quantitative estimate of drug-likeness (QED) is 0.858. The average Bonchev–Trinajstić information content (AvgIpc) is 3.08. The second-order valence-electron chi connectivity index (χ2n) is 5.18. The molecule has 2 saturated heterocycles. The third-order valence-corrected chi connectivity index (χ3v) is 6.58. The van der Waals surface area contributed by atoms with Crippen molar-refractivity contribution in [3.8, 4) is 0 Å². The summed E-state index contributed by atoms with van der Waals surface area (Å²) in [6.07, 6.45) is -0.438. The molecule has 0 spiro atoms. The summed E-state index contributed by atoms with van der Waals surface area (Å²) in [4.78, 5) is 12.0. The standard InChI is InChI=1S/C14H16F2N2OS2.ClH/c15-14(16)7-11(17-8-14)12(19)18-10-3-1-2-9(6-10)13-20-4-5-21-13;/h1-3,6,11,13,17H,4-5,7-8H2,(H,18,19);1H. The van der Waals surface area contributed by atoms with Crippen LogP contribution in [-0.2, 0) is 4.79 Å². The van der Waals surface area contributed by atoms with Gasteiger partial charge in [0.1, 0.15) is 0 Å². The minimum Gasteiger partial charge on any atom is -0.325 e. The van der Waals surface area contributed by atoms with E-state index in [0.717, 1.165) is 17.1 Å². The van der Waals surface area contributed by atoms with E-state index in [0.29, 0.717) is 10.3 Å². The molecule has 0 saturated carbocycles. The Morgan fingerprint density at radius 2 is 2.05 bits per heavy atom. The van der Waals surface area contributed by atoms with Gasteiger partial charge in [0.25, 0.3) is 5.92 Å². The first-order valence-corrected chi connectivity index (χ1v) is 8.88. The van der Waals surface area contributed by atoms with Crippen LogP contribution in [0.3, 0.4) is 0 Å². The maximum absolute atomic E-state index is 13.1. The molecule has 122 valence electrons. The Labute approximate surface area is 142 Å². The van der Waals surface area contributed by atoms with Gasteiger partial charge in [-0.15, -0.1) is 35.9 Å². The highest BCUT2D eigenvalue weighted by Crippen LogP contribution is 2.45. The van der Waals surface area contributed by atoms with Crippen molar-refractivity contribution in [2.24, 2.45) is 0 Å². The van der Waals surface area contributed by atoms with Crippen molar-refractivity contribution in [3.63, 3.8) is 0 Å². The largest absolute Gasteiger partial charge is 0.325 e. The first-order chi connectivity index (χ1) is 10.0. The Kier molecular flexibility index (Phi) is 5.99. The van der Waals surface area contributed by atoms with Gasteiger partial charge in [0.15, 0.2) is 0 Å². The van der Waals surface area contributed by atoms with E-state index in [-0.39, 0.29) is 12.4 Å². The Morgan fingerprint density at radius 3 is 2.68 bits per heavy atom. The lowest BCUT2D eigenvalue weighted by molar-refractivity contribution is -0.118. The van der Waals surface area contributed by atoms with Crippen LogP contribution in [0.5, 0.6) is 0 Å². The van der Waals surface area contributed by atoms with Crippen molar-refractivity contribution in [2.75, 3.05) is 23.4 Å². The summed E-state index contributed by atoms with van der Waals surface area (Å²) < 4.78 is 26.6. The fourth-order valence-electron chi connectivity index (χ4n) is 2.44. The van der Waals surface area contributed by atoms with Crippen LogP contribution >= 0.6 is 35.9 Å². The molecule has 3 rings (SSSR count). The molecular weight excluding hydrogens is 350 g/mol. The molecule has 1 aromatic rings. The molecule has 1 atom stereocenters. The monoisotopic (exact) mass is 366 g/mol. The van der Waals surface area contributed by atoms with Crippen LogP contribution in [-0.4, -0.2) is 35.9 Å². The molecule has 0 radical (unpaired) electrons. The number of thioether (sulfide) groups is 2. The van der Waals surface area contributed by atoms with Gasteiger partial charge in [-0.1, -0.05) is 12.1 Å². The highest BCUT2D eigenvalue weighted by atomic mass is 35.5. The lowest BCUT2D eigenvalue weighted by Gasteiger charge is -2.13. The number of rotatable bonds is 3. The fraction of sp³-hybridized carbons (Fsp3) is 0.500. The lowest BCUT2D eigenvalue weighted by atomic mass is 10.1.